The summed E-state index contributed by atoms with van der Waals surface area (Å²) >= 11 is 0. The van der Waals surface area contributed by atoms with Crippen molar-refractivity contribution < 1.29 is 22.7 Å². The zero-order valence-electron chi connectivity index (χ0n) is 15.4. The summed E-state index contributed by atoms with van der Waals surface area (Å²) in [6.07, 6.45) is 1.01. The van der Waals surface area contributed by atoms with Gasteiger partial charge in [-0.25, -0.2) is 8.42 Å². The van der Waals surface area contributed by atoms with E-state index in [9.17, 15) is 18.0 Å². The minimum Gasteiger partial charge on any atom is -0.454 e. The first-order valence-electron chi connectivity index (χ1n) is 8.22. The number of ether oxygens (including phenoxy) is 1. The number of carbonyl (C=O) groups is 2. The molecule has 144 valence electrons. The average molecular weight is 390 g/mol. The van der Waals surface area contributed by atoms with Gasteiger partial charge in [0.1, 0.15) is 6.54 Å². The molecule has 0 aliphatic heterocycles. The van der Waals surface area contributed by atoms with E-state index in [0.717, 1.165) is 16.1 Å². The van der Waals surface area contributed by atoms with Crippen LogP contribution in [0.25, 0.3) is 0 Å². The van der Waals surface area contributed by atoms with E-state index in [1.54, 1.807) is 43.3 Å². The number of hydrogen-bond donors (Lipinski definition) is 1. The van der Waals surface area contributed by atoms with Crippen LogP contribution < -0.4 is 9.62 Å². The van der Waals surface area contributed by atoms with Gasteiger partial charge in [0.25, 0.3) is 5.91 Å². The lowest BCUT2D eigenvalue weighted by Crippen LogP contribution is -2.37. The van der Waals surface area contributed by atoms with Gasteiger partial charge in [-0.15, -0.1) is 0 Å². The molecule has 2 rings (SSSR count). The van der Waals surface area contributed by atoms with Crippen LogP contribution in [0.4, 0.5) is 11.4 Å². The Kier molecular flexibility index (Phi) is 6.57. The maximum Gasteiger partial charge on any atom is 0.327 e. The molecule has 0 aromatic heterocycles. The molecule has 0 spiro atoms. The zero-order valence-corrected chi connectivity index (χ0v) is 16.2. The van der Waals surface area contributed by atoms with E-state index in [2.05, 4.69) is 5.32 Å². The number of benzene rings is 2. The van der Waals surface area contributed by atoms with Gasteiger partial charge in [-0.3, -0.25) is 13.9 Å². The monoisotopic (exact) mass is 390 g/mol. The van der Waals surface area contributed by atoms with Crippen molar-refractivity contribution in [3.63, 3.8) is 0 Å². The minimum absolute atomic E-state index is 0.390. The van der Waals surface area contributed by atoms with Gasteiger partial charge < -0.3 is 10.1 Å². The average Bonchev–Trinajstić information content (AvgIpc) is 2.60. The Bertz CT molecular complexity index is 923. The summed E-state index contributed by atoms with van der Waals surface area (Å²) in [7, 11) is -3.69. The minimum atomic E-state index is -3.69. The van der Waals surface area contributed by atoms with Crippen molar-refractivity contribution in [3.05, 3.63) is 59.7 Å². The highest BCUT2D eigenvalue weighted by atomic mass is 32.2. The fourth-order valence-corrected chi connectivity index (χ4v) is 3.27. The molecule has 2 aromatic rings. The molecule has 0 fully saturated rings. The number of amides is 1. The Morgan fingerprint density at radius 3 is 2.26 bits per heavy atom. The van der Waals surface area contributed by atoms with Crippen LogP contribution in [0, 0.1) is 13.8 Å². The number of aryl methyl sites for hydroxylation is 2. The highest BCUT2D eigenvalue weighted by Crippen LogP contribution is 2.21. The summed E-state index contributed by atoms with van der Waals surface area (Å²) in [6, 6.07) is 14.0. The van der Waals surface area contributed by atoms with Gasteiger partial charge in [-0.1, -0.05) is 35.9 Å². The lowest BCUT2D eigenvalue weighted by molar-refractivity contribution is -0.145. The topological polar surface area (TPSA) is 92.8 Å². The Morgan fingerprint density at radius 2 is 1.67 bits per heavy atom. The van der Waals surface area contributed by atoms with Crippen LogP contribution in [0.15, 0.2) is 48.5 Å². The van der Waals surface area contributed by atoms with Gasteiger partial charge in [-0.2, -0.15) is 0 Å². The number of anilines is 2. The number of para-hydroxylation sites is 1. The van der Waals surface area contributed by atoms with E-state index in [-0.39, 0.29) is 0 Å². The second-order valence-electron chi connectivity index (χ2n) is 6.13. The number of nitrogens with one attached hydrogen (secondary N) is 1. The highest BCUT2D eigenvalue weighted by molar-refractivity contribution is 7.92. The first kappa shape index (κ1) is 20.4. The summed E-state index contributed by atoms with van der Waals surface area (Å²) in [5, 5.41) is 2.60. The second-order valence-corrected chi connectivity index (χ2v) is 8.04. The lowest BCUT2D eigenvalue weighted by atomic mass is 10.2. The molecular weight excluding hydrogens is 368 g/mol. The molecule has 0 unspecified atom stereocenters. The molecule has 1 amide bonds. The normalized spacial score (nSPS) is 10.9. The van der Waals surface area contributed by atoms with Crippen LogP contribution >= 0.6 is 0 Å². The van der Waals surface area contributed by atoms with E-state index < -0.39 is 35.1 Å². The molecule has 0 saturated heterocycles. The fraction of sp³-hybridized carbons (Fsp3) is 0.263. The molecule has 0 bridgehead atoms. The van der Waals surface area contributed by atoms with E-state index in [0.29, 0.717) is 16.9 Å². The summed E-state index contributed by atoms with van der Waals surface area (Å²) in [6.45, 7) is 2.66. The second kappa shape index (κ2) is 8.68. The van der Waals surface area contributed by atoms with Crippen molar-refractivity contribution in [1.82, 2.24) is 0 Å². The van der Waals surface area contributed by atoms with E-state index in [1.165, 1.54) is 0 Å². The fourth-order valence-electron chi connectivity index (χ4n) is 2.37. The molecule has 0 aliphatic rings. The van der Waals surface area contributed by atoms with Crippen LogP contribution in [0.2, 0.25) is 0 Å². The van der Waals surface area contributed by atoms with Gasteiger partial charge in [0.2, 0.25) is 10.0 Å². The van der Waals surface area contributed by atoms with E-state index in [4.69, 9.17) is 4.74 Å². The molecule has 8 heteroatoms. The molecular formula is C19H22N2O5S. The van der Waals surface area contributed by atoms with Crippen LogP contribution in [0.1, 0.15) is 11.1 Å². The quantitative estimate of drug-likeness (QED) is 0.732. The van der Waals surface area contributed by atoms with Crippen molar-refractivity contribution in [2.75, 3.05) is 29.0 Å². The third-order valence-electron chi connectivity index (χ3n) is 3.76. The Hall–Kier alpha value is -2.87. The first-order chi connectivity index (χ1) is 12.7. The summed E-state index contributed by atoms with van der Waals surface area (Å²) in [4.78, 5) is 24.0. The summed E-state index contributed by atoms with van der Waals surface area (Å²) in [5.74, 6) is -1.32. The maximum absolute atomic E-state index is 12.1. The number of esters is 1. The lowest BCUT2D eigenvalue weighted by Gasteiger charge is -2.23. The maximum atomic E-state index is 12.1. The van der Waals surface area contributed by atoms with Crippen LogP contribution in [-0.2, 0) is 24.3 Å². The van der Waals surface area contributed by atoms with Crippen molar-refractivity contribution in [1.29, 1.82) is 0 Å². The number of sulfonamides is 1. The van der Waals surface area contributed by atoms with Crippen LogP contribution in [-0.4, -0.2) is 39.7 Å². The molecule has 0 radical (unpaired) electrons. The summed E-state index contributed by atoms with van der Waals surface area (Å²) < 4.78 is 30.0. The third kappa shape index (κ3) is 6.10. The Morgan fingerprint density at radius 1 is 1.04 bits per heavy atom. The SMILES string of the molecule is Cc1ccc(NC(=O)COC(=O)CN(c2ccccc2C)S(C)(=O)=O)cc1. The molecule has 0 atom stereocenters. The smallest absolute Gasteiger partial charge is 0.327 e. The molecule has 27 heavy (non-hydrogen) atoms. The zero-order chi connectivity index (χ0) is 20.0. The molecule has 0 aliphatic carbocycles. The van der Waals surface area contributed by atoms with Gasteiger partial charge >= 0.3 is 5.97 Å². The van der Waals surface area contributed by atoms with Crippen molar-refractivity contribution in [2.45, 2.75) is 13.8 Å². The van der Waals surface area contributed by atoms with Crippen molar-refractivity contribution in [3.8, 4) is 0 Å². The predicted octanol–water partition coefficient (Wildman–Crippen LogP) is 2.25. The van der Waals surface area contributed by atoms with Gasteiger partial charge in [0, 0.05) is 5.69 Å². The molecule has 1 N–H and O–H groups in total. The third-order valence-corrected chi connectivity index (χ3v) is 4.88. The largest absolute Gasteiger partial charge is 0.454 e. The number of rotatable bonds is 7. The first-order valence-corrected chi connectivity index (χ1v) is 10.1. The Balaban J connectivity index is 1.97. The van der Waals surface area contributed by atoms with Crippen molar-refractivity contribution >= 4 is 33.3 Å². The van der Waals surface area contributed by atoms with Gasteiger partial charge in [0.05, 0.1) is 11.9 Å². The highest BCUT2D eigenvalue weighted by Gasteiger charge is 2.23. The van der Waals surface area contributed by atoms with Gasteiger partial charge in [-0.05, 0) is 37.6 Å². The van der Waals surface area contributed by atoms with E-state index in [1.807, 2.05) is 19.1 Å². The standard InChI is InChI=1S/C19H22N2O5S/c1-14-8-10-16(11-9-14)20-18(22)13-26-19(23)12-21(27(3,24)25)17-7-5-4-6-15(17)2/h4-11H,12-13H2,1-3H3,(H,20,22). The summed E-state index contributed by atoms with van der Waals surface area (Å²) in [5.41, 5.74) is 2.73. The van der Waals surface area contributed by atoms with E-state index >= 15 is 0 Å². The molecule has 0 saturated carbocycles. The predicted molar refractivity (Wildman–Crippen MR) is 104 cm³/mol. The van der Waals surface area contributed by atoms with Gasteiger partial charge in [0.15, 0.2) is 6.61 Å². The van der Waals surface area contributed by atoms with Crippen LogP contribution in [0.5, 0.6) is 0 Å². The van der Waals surface area contributed by atoms with Crippen molar-refractivity contribution in [2.24, 2.45) is 0 Å². The molecule has 0 heterocycles. The number of hydrogen-bond acceptors (Lipinski definition) is 5. The molecule has 7 nitrogen and oxygen atoms in total. The Labute approximate surface area is 159 Å². The number of carbonyl (C=O) groups excluding carboxylic acids is 2. The molecule has 2 aromatic carbocycles. The van der Waals surface area contributed by atoms with Crippen LogP contribution in [0.3, 0.4) is 0 Å². The number of nitrogens with zero attached hydrogens (tertiary/aromatic N) is 1.